The highest BCUT2D eigenvalue weighted by Crippen LogP contribution is 2.36. The monoisotopic (exact) mass is 357 g/mol. The molecule has 3 rings (SSSR count). The molecule has 0 saturated carbocycles. The molecule has 1 aliphatic heterocycles. The van der Waals surface area contributed by atoms with Gasteiger partial charge in [0, 0.05) is 44.9 Å². The molecule has 0 aliphatic carbocycles. The predicted octanol–water partition coefficient (Wildman–Crippen LogP) is 1.75. The summed E-state index contributed by atoms with van der Waals surface area (Å²) in [5.74, 6) is 1.73. The lowest BCUT2D eigenvalue weighted by molar-refractivity contribution is -0.128. The van der Waals surface area contributed by atoms with Crippen molar-refractivity contribution in [3.05, 3.63) is 29.6 Å². The van der Waals surface area contributed by atoms with Crippen LogP contribution in [-0.2, 0) is 24.7 Å². The molecule has 1 aliphatic rings. The number of anilines is 1. The third-order valence-electron chi connectivity index (χ3n) is 5.03. The van der Waals surface area contributed by atoms with Crippen molar-refractivity contribution in [1.82, 2.24) is 29.6 Å². The van der Waals surface area contributed by atoms with E-state index >= 15 is 0 Å². The number of hydrogen-bond acceptors (Lipinski definition) is 6. The van der Waals surface area contributed by atoms with Crippen LogP contribution in [0.2, 0.25) is 0 Å². The molecule has 1 amide bonds. The molecule has 0 unspecified atom stereocenters. The summed E-state index contributed by atoms with van der Waals surface area (Å²) in [7, 11) is 1.97. The van der Waals surface area contributed by atoms with Crippen LogP contribution in [0.1, 0.15) is 50.4 Å². The molecule has 140 valence electrons. The van der Waals surface area contributed by atoms with E-state index in [-0.39, 0.29) is 17.9 Å². The van der Waals surface area contributed by atoms with Crippen molar-refractivity contribution in [2.75, 3.05) is 18.4 Å². The fraction of sp³-hybridized carbons (Fsp3) is 0.611. The molecule has 26 heavy (non-hydrogen) atoms. The summed E-state index contributed by atoms with van der Waals surface area (Å²) < 4.78 is 1.99. The van der Waals surface area contributed by atoms with Gasteiger partial charge in [-0.25, -0.2) is 9.97 Å². The summed E-state index contributed by atoms with van der Waals surface area (Å²) in [6.45, 7) is 7.41. The van der Waals surface area contributed by atoms with Crippen LogP contribution in [0.4, 0.5) is 5.95 Å². The molecule has 2 aromatic heterocycles. The number of nitrogens with zero attached hydrogens (tertiary/aromatic N) is 6. The van der Waals surface area contributed by atoms with Crippen molar-refractivity contribution in [2.45, 2.75) is 46.1 Å². The summed E-state index contributed by atoms with van der Waals surface area (Å²) in [5.41, 5.74) is 1.92. The average Bonchev–Trinajstić information content (AvgIpc) is 3.21. The van der Waals surface area contributed by atoms with Crippen LogP contribution in [0.15, 0.2) is 12.4 Å². The molecule has 1 N–H and O–H groups in total. The predicted molar refractivity (Wildman–Crippen MR) is 98.5 cm³/mol. The number of imidazole rings is 1. The van der Waals surface area contributed by atoms with E-state index in [0.717, 1.165) is 30.1 Å². The van der Waals surface area contributed by atoms with Crippen LogP contribution in [0.5, 0.6) is 0 Å². The van der Waals surface area contributed by atoms with Gasteiger partial charge < -0.3 is 14.8 Å². The highest BCUT2D eigenvalue weighted by molar-refractivity contribution is 5.79. The SMILES string of the molecule is CCc1nnc(NC[C@@H]2CC(=O)N(CC)[C@H]2c2nccn2C)nc1CC. The molecule has 2 aromatic rings. The lowest BCUT2D eigenvalue weighted by Gasteiger charge is -2.27. The van der Waals surface area contributed by atoms with Gasteiger partial charge in [0.15, 0.2) is 0 Å². The van der Waals surface area contributed by atoms with E-state index in [4.69, 9.17) is 0 Å². The fourth-order valence-corrected chi connectivity index (χ4v) is 3.67. The minimum Gasteiger partial charge on any atom is -0.353 e. The smallest absolute Gasteiger partial charge is 0.242 e. The molecule has 0 spiro atoms. The summed E-state index contributed by atoms with van der Waals surface area (Å²) in [4.78, 5) is 23.4. The summed E-state index contributed by atoms with van der Waals surface area (Å²) >= 11 is 0. The van der Waals surface area contributed by atoms with Gasteiger partial charge in [-0.1, -0.05) is 13.8 Å². The number of aromatic nitrogens is 5. The van der Waals surface area contributed by atoms with Crippen LogP contribution in [-0.4, -0.2) is 48.6 Å². The van der Waals surface area contributed by atoms with Crippen molar-refractivity contribution in [3.63, 3.8) is 0 Å². The van der Waals surface area contributed by atoms with Crippen LogP contribution in [0, 0.1) is 5.92 Å². The van der Waals surface area contributed by atoms with Gasteiger partial charge in [-0.3, -0.25) is 4.79 Å². The Bertz CT molecular complexity index is 773. The molecule has 0 radical (unpaired) electrons. The Morgan fingerprint density at radius 3 is 2.58 bits per heavy atom. The molecule has 8 nitrogen and oxygen atoms in total. The first-order chi connectivity index (χ1) is 12.6. The van der Waals surface area contributed by atoms with E-state index in [0.29, 0.717) is 25.5 Å². The highest BCUT2D eigenvalue weighted by atomic mass is 16.2. The molecule has 2 atom stereocenters. The van der Waals surface area contributed by atoms with Crippen LogP contribution >= 0.6 is 0 Å². The largest absolute Gasteiger partial charge is 0.353 e. The van der Waals surface area contributed by atoms with Gasteiger partial charge in [-0.05, 0) is 19.8 Å². The van der Waals surface area contributed by atoms with Gasteiger partial charge in [-0.2, -0.15) is 5.10 Å². The molecule has 3 heterocycles. The van der Waals surface area contributed by atoms with Crippen molar-refractivity contribution in [2.24, 2.45) is 13.0 Å². The third kappa shape index (κ3) is 3.40. The standard InChI is InChI=1S/C18H27N7O/c1-5-13-14(6-2)22-23-18(21-13)20-11-12-10-15(26)25(7-3)16(12)17-19-8-9-24(17)4/h8-9,12,16H,5-7,10-11H2,1-4H3,(H,20,21,23)/t12-,16+/m0/s1. The van der Waals surface area contributed by atoms with Crippen molar-refractivity contribution in [3.8, 4) is 0 Å². The van der Waals surface area contributed by atoms with Crippen molar-refractivity contribution < 1.29 is 4.79 Å². The van der Waals surface area contributed by atoms with Crippen molar-refractivity contribution in [1.29, 1.82) is 0 Å². The van der Waals surface area contributed by atoms with E-state index in [1.807, 2.05) is 29.6 Å². The average molecular weight is 357 g/mol. The minimum atomic E-state index is -0.0338. The third-order valence-corrected chi connectivity index (χ3v) is 5.03. The first-order valence-electron chi connectivity index (χ1n) is 9.31. The zero-order valence-electron chi connectivity index (χ0n) is 15.9. The Labute approximate surface area is 154 Å². The van der Waals surface area contributed by atoms with E-state index in [1.165, 1.54) is 0 Å². The van der Waals surface area contributed by atoms with Gasteiger partial charge in [0.25, 0.3) is 0 Å². The van der Waals surface area contributed by atoms with Gasteiger partial charge in [0.2, 0.25) is 11.9 Å². The second-order valence-corrected chi connectivity index (χ2v) is 6.60. The normalized spacial score (nSPS) is 20.0. The second kappa shape index (κ2) is 7.80. The quantitative estimate of drug-likeness (QED) is 0.812. The topological polar surface area (TPSA) is 88.8 Å². The Hall–Kier alpha value is -2.51. The van der Waals surface area contributed by atoms with Crippen LogP contribution in [0.25, 0.3) is 0 Å². The minimum absolute atomic E-state index is 0.0338. The van der Waals surface area contributed by atoms with Crippen LogP contribution < -0.4 is 5.32 Å². The number of amides is 1. The lowest BCUT2D eigenvalue weighted by Crippen LogP contribution is -2.32. The summed E-state index contributed by atoms with van der Waals surface area (Å²) in [6, 6.07) is -0.0338. The molecule has 1 fully saturated rings. The fourth-order valence-electron chi connectivity index (χ4n) is 3.67. The maximum atomic E-state index is 12.4. The number of aryl methyl sites for hydroxylation is 3. The number of hydrogen-bond donors (Lipinski definition) is 1. The molecule has 1 saturated heterocycles. The molecular weight excluding hydrogens is 330 g/mol. The Kier molecular flexibility index (Phi) is 5.49. The molecule has 0 aromatic carbocycles. The Morgan fingerprint density at radius 2 is 1.96 bits per heavy atom. The van der Waals surface area contributed by atoms with E-state index < -0.39 is 0 Å². The van der Waals surface area contributed by atoms with E-state index in [2.05, 4.69) is 39.3 Å². The van der Waals surface area contributed by atoms with Crippen LogP contribution in [0.3, 0.4) is 0 Å². The maximum Gasteiger partial charge on any atom is 0.242 e. The second-order valence-electron chi connectivity index (χ2n) is 6.60. The van der Waals surface area contributed by atoms with E-state index in [1.54, 1.807) is 6.20 Å². The summed E-state index contributed by atoms with van der Waals surface area (Å²) in [6.07, 6.45) is 5.85. The first kappa shape index (κ1) is 18.3. The highest BCUT2D eigenvalue weighted by Gasteiger charge is 2.41. The van der Waals surface area contributed by atoms with Gasteiger partial charge in [0.05, 0.1) is 17.4 Å². The maximum absolute atomic E-state index is 12.4. The molecular formula is C18H27N7O. The molecule has 8 heteroatoms. The van der Waals surface area contributed by atoms with Gasteiger partial charge in [-0.15, -0.1) is 5.10 Å². The zero-order valence-corrected chi connectivity index (χ0v) is 15.9. The number of carbonyl (C=O) groups excluding carboxylic acids is 1. The number of nitrogens with one attached hydrogen (secondary N) is 1. The van der Waals surface area contributed by atoms with Gasteiger partial charge >= 0.3 is 0 Å². The number of likely N-dealkylation sites (tertiary alicyclic amines) is 1. The zero-order chi connectivity index (χ0) is 18.7. The summed E-state index contributed by atoms with van der Waals surface area (Å²) in [5, 5.41) is 11.8. The lowest BCUT2D eigenvalue weighted by atomic mass is 9.99. The number of carbonyl (C=O) groups is 1. The Balaban J connectivity index is 1.78. The van der Waals surface area contributed by atoms with Gasteiger partial charge in [0.1, 0.15) is 5.82 Å². The van der Waals surface area contributed by atoms with Crippen molar-refractivity contribution >= 4 is 11.9 Å². The Morgan fingerprint density at radius 1 is 1.19 bits per heavy atom. The first-order valence-corrected chi connectivity index (χ1v) is 9.31. The number of rotatable bonds is 7. The molecule has 0 bridgehead atoms. The van der Waals surface area contributed by atoms with E-state index in [9.17, 15) is 4.79 Å².